The van der Waals surface area contributed by atoms with E-state index in [4.69, 9.17) is 4.84 Å². The Morgan fingerprint density at radius 3 is 2.00 bits per heavy atom. The van der Waals surface area contributed by atoms with Gasteiger partial charge in [-0.05, 0) is 20.8 Å². The first kappa shape index (κ1) is 8.92. The first-order valence-electron chi connectivity index (χ1n) is 3.61. The summed E-state index contributed by atoms with van der Waals surface area (Å²) in [4.78, 5) is 5.29. The van der Waals surface area contributed by atoms with Crippen molar-refractivity contribution in [3.8, 4) is 0 Å². The SMILES string of the molecule is CCON(CC)C(C)C. The second kappa shape index (κ2) is 4.77. The van der Waals surface area contributed by atoms with E-state index >= 15 is 0 Å². The van der Waals surface area contributed by atoms with Gasteiger partial charge in [0.05, 0.1) is 6.61 Å². The number of hydroxylamine groups is 2. The summed E-state index contributed by atoms with van der Waals surface area (Å²) in [7, 11) is 0. The van der Waals surface area contributed by atoms with Gasteiger partial charge in [-0.2, -0.15) is 5.06 Å². The fraction of sp³-hybridized carbons (Fsp3) is 1.00. The molecule has 0 N–H and O–H groups in total. The van der Waals surface area contributed by atoms with E-state index < -0.39 is 0 Å². The molecule has 2 heteroatoms. The van der Waals surface area contributed by atoms with Crippen molar-refractivity contribution in [3.05, 3.63) is 0 Å². The van der Waals surface area contributed by atoms with Crippen LogP contribution in [0.3, 0.4) is 0 Å². The van der Waals surface area contributed by atoms with Crippen LogP contribution in [0.5, 0.6) is 0 Å². The first-order valence-corrected chi connectivity index (χ1v) is 3.61. The van der Waals surface area contributed by atoms with E-state index in [-0.39, 0.29) is 0 Å². The molecule has 0 unspecified atom stereocenters. The average Bonchev–Trinajstić information content (AvgIpc) is 1.82. The third kappa shape index (κ3) is 3.49. The molecule has 0 spiro atoms. The highest BCUT2D eigenvalue weighted by Gasteiger charge is 2.04. The topological polar surface area (TPSA) is 12.5 Å². The normalized spacial score (nSPS) is 11.3. The molecule has 0 aromatic heterocycles. The third-order valence-corrected chi connectivity index (χ3v) is 1.18. The van der Waals surface area contributed by atoms with E-state index in [2.05, 4.69) is 20.8 Å². The highest BCUT2D eigenvalue weighted by molar-refractivity contribution is 4.47. The van der Waals surface area contributed by atoms with Crippen molar-refractivity contribution in [2.75, 3.05) is 13.2 Å². The summed E-state index contributed by atoms with van der Waals surface area (Å²) in [5, 5.41) is 1.97. The van der Waals surface area contributed by atoms with E-state index in [9.17, 15) is 0 Å². The van der Waals surface area contributed by atoms with E-state index in [1.165, 1.54) is 0 Å². The highest BCUT2D eigenvalue weighted by atomic mass is 16.7. The zero-order chi connectivity index (χ0) is 7.28. The smallest absolute Gasteiger partial charge is 0.0657 e. The lowest BCUT2D eigenvalue weighted by atomic mass is 10.4. The van der Waals surface area contributed by atoms with Crippen molar-refractivity contribution in [3.63, 3.8) is 0 Å². The molecule has 0 saturated carbocycles. The second-order valence-corrected chi connectivity index (χ2v) is 2.24. The molecule has 0 saturated heterocycles. The Labute approximate surface area is 57.8 Å². The molecule has 0 fully saturated rings. The lowest BCUT2D eigenvalue weighted by molar-refractivity contribution is -0.171. The minimum Gasteiger partial charge on any atom is -0.299 e. The van der Waals surface area contributed by atoms with Crippen LogP contribution < -0.4 is 0 Å². The molecule has 0 radical (unpaired) electrons. The van der Waals surface area contributed by atoms with Gasteiger partial charge in [0.15, 0.2) is 0 Å². The summed E-state index contributed by atoms with van der Waals surface area (Å²) in [6, 6.07) is 0.495. The molecule has 2 nitrogen and oxygen atoms in total. The maximum Gasteiger partial charge on any atom is 0.0657 e. The van der Waals surface area contributed by atoms with Gasteiger partial charge in [-0.25, -0.2) is 0 Å². The van der Waals surface area contributed by atoms with Gasteiger partial charge < -0.3 is 0 Å². The molecule has 56 valence electrons. The maximum absolute atomic E-state index is 5.29. The van der Waals surface area contributed by atoms with Gasteiger partial charge in [-0.1, -0.05) is 6.92 Å². The second-order valence-electron chi connectivity index (χ2n) is 2.24. The van der Waals surface area contributed by atoms with Gasteiger partial charge >= 0.3 is 0 Å². The average molecular weight is 131 g/mol. The summed E-state index contributed by atoms with van der Waals surface area (Å²) in [5.74, 6) is 0. The largest absolute Gasteiger partial charge is 0.299 e. The Hall–Kier alpha value is -0.0800. The van der Waals surface area contributed by atoms with Crippen LogP contribution in [-0.4, -0.2) is 24.3 Å². The predicted molar refractivity (Wildman–Crippen MR) is 39.1 cm³/mol. The summed E-state index contributed by atoms with van der Waals surface area (Å²) >= 11 is 0. The van der Waals surface area contributed by atoms with Gasteiger partial charge in [0.25, 0.3) is 0 Å². The van der Waals surface area contributed by atoms with Crippen molar-refractivity contribution in [2.24, 2.45) is 0 Å². The standard InChI is InChI=1S/C7H17NO/c1-5-8(7(3)4)9-6-2/h7H,5-6H2,1-4H3. The molecule has 0 heterocycles. The van der Waals surface area contributed by atoms with Crippen molar-refractivity contribution in [2.45, 2.75) is 33.7 Å². The van der Waals surface area contributed by atoms with Crippen LogP contribution in [0.2, 0.25) is 0 Å². The predicted octanol–water partition coefficient (Wildman–Crippen LogP) is 1.67. The fourth-order valence-corrected chi connectivity index (χ4v) is 0.771. The molecule has 0 aliphatic heterocycles. The van der Waals surface area contributed by atoms with Gasteiger partial charge in [-0.15, -0.1) is 0 Å². The Morgan fingerprint density at radius 2 is 1.89 bits per heavy atom. The van der Waals surface area contributed by atoms with Crippen molar-refractivity contribution >= 4 is 0 Å². The molecule has 0 aromatic carbocycles. The minimum atomic E-state index is 0.495. The minimum absolute atomic E-state index is 0.495. The monoisotopic (exact) mass is 131 g/mol. The van der Waals surface area contributed by atoms with Crippen LogP contribution in [0.25, 0.3) is 0 Å². The maximum atomic E-state index is 5.29. The Bertz CT molecular complexity index is 63.9. The Kier molecular flexibility index (Phi) is 4.72. The van der Waals surface area contributed by atoms with Crippen molar-refractivity contribution in [1.82, 2.24) is 5.06 Å². The van der Waals surface area contributed by atoms with Gasteiger partial charge in [0, 0.05) is 12.6 Å². The molecule has 0 rings (SSSR count). The molecule has 9 heavy (non-hydrogen) atoms. The van der Waals surface area contributed by atoms with Crippen LogP contribution in [0.1, 0.15) is 27.7 Å². The number of nitrogens with zero attached hydrogens (tertiary/aromatic N) is 1. The summed E-state index contributed by atoms with van der Waals surface area (Å²) < 4.78 is 0. The van der Waals surface area contributed by atoms with E-state index in [0.717, 1.165) is 13.2 Å². The van der Waals surface area contributed by atoms with Crippen LogP contribution >= 0.6 is 0 Å². The molecular formula is C7H17NO. The molecule has 0 atom stereocenters. The molecule has 0 aliphatic rings. The highest BCUT2D eigenvalue weighted by Crippen LogP contribution is 1.96. The lowest BCUT2D eigenvalue weighted by Gasteiger charge is -2.22. The van der Waals surface area contributed by atoms with Crippen LogP contribution in [0.4, 0.5) is 0 Å². The van der Waals surface area contributed by atoms with Crippen LogP contribution in [-0.2, 0) is 4.84 Å². The summed E-state index contributed by atoms with van der Waals surface area (Å²) in [5.41, 5.74) is 0. The van der Waals surface area contributed by atoms with Crippen molar-refractivity contribution in [1.29, 1.82) is 0 Å². The van der Waals surface area contributed by atoms with E-state index in [0.29, 0.717) is 6.04 Å². The lowest BCUT2D eigenvalue weighted by Crippen LogP contribution is -2.30. The number of hydrogen-bond donors (Lipinski definition) is 0. The molecule has 0 aromatic rings. The fourth-order valence-electron chi connectivity index (χ4n) is 0.771. The first-order chi connectivity index (χ1) is 4.22. The van der Waals surface area contributed by atoms with Crippen LogP contribution in [0, 0.1) is 0 Å². The molecule has 0 bridgehead atoms. The Balaban J connectivity index is 3.41. The van der Waals surface area contributed by atoms with Gasteiger partial charge in [0.1, 0.15) is 0 Å². The number of hydrogen-bond acceptors (Lipinski definition) is 2. The molecule has 0 aliphatic carbocycles. The van der Waals surface area contributed by atoms with Crippen molar-refractivity contribution < 1.29 is 4.84 Å². The quantitative estimate of drug-likeness (QED) is 0.538. The zero-order valence-electron chi connectivity index (χ0n) is 6.85. The zero-order valence-corrected chi connectivity index (χ0v) is 6.85. The van der Waals surface area contributed by atoms with E-state index in [1.807, 2.05) is 12.0 Å². The van der Waals surface area contributed by atoms with E-state index in [1.54, 1.807) is 0 Å². The molecule has 0 amide bonds. The summed E-state index contributed by atoms with van der Waals surface area (Å²) in [6.45, 7) is 10.1. The van der Waals surface area contributed by atoms with Crippen LogP contribution in [0.15, 0.2) is 0 Å². The third-order valence-electron chi connectivity index (χ3n) is 1.18. The number of rotatable bonds is 4. The van der Waals surface area contributed by atoms with Gasteiger partial charge in [0.2, 0.25) is 0 Å². The van der Waals surface area contributed by atoms with Gasteiger partial charge in [-0.3, -0.25) is 4.84 Å². The Morgan fingerprint density at radius 1 is 1.33 bits per heavy atom. The summed E-state index contributed by atoms with van der Waals surface area (Å²) in [6.07, 6.45) is 0. The molecular weight excluding hydrogens is 114 g/mol.